The summed E-state index contributed by atoms with van der Waals surface area (Å²) in [6.07, 6.45) is 3.67. The quantitative estimate of drug-likeness (QED) is 0.291. The van der Waals surface area contributed by atoms with Gasteiger partial charge in [0.15, 0.2) is 5.16 Å². The number of aromatic nitrogens is 3. The minimum absolute atomic E-state index is 0.0902. The van der Waals surface area contributed by atoms with E-state index in [0.29, 0.717) is 29.3 Å². The number of fused-ring (bicyclic) bond motifs is 1. The zero-order valence-electron chi connectivity index (χ0n) is 18.0. The molecule has 0 saturated heterocycles. The van der Waals surface area contributed by atoms with Crippen molar-refractivity contribution in [3.63, 3.8) is 0 Å². The van der Waals surface area contributed by atoms with Crippen LogP contribution in [0.2, 0.25) is 0 Å². The monoisotopic (exact) mass is 446 g/mol. The van der Waals surface area contributed by atoms with Gasteiger partial charge in [-0.15, -0.1) is 0 Å². The van der Waals surface area contributed by atoms with Crippen molar-refractivity contribution in [2.24, 2.45) is 0 Å². The number of carbonyl (C=O) groups excluding carboxylic acids is 1. The van der Waals surface area contributed by atoms with Gasteiger partial charge in [-0.1, -0.05) is 85.8 Å². The predicted octanol–water partition coefficient (Wildman–Crippen LogP) is 4.60. The summed E-state index contributed by atoms with van der Waals surface area (Å²) in [6, 6.07) is 19.7. The van der Waals surface area contributed by atoms with Gasteiger partial charge in [-0.25, -0.2) is 4.98 Å². The van der Waals surface area contributed by atoms with Crippen LogP contribution in [0.25, 0.3) is 22.2 Å². The first-order valence-corrected chi connectivity index (χ1v) is 11.8. The Labute approximate surface area is 191 Å². The molecule has 0 saturated carbocycles. The summed E-state index contributed by atoms with van der Waals surface area (Å²) < 4.78 is 1.69. The van der Waals surface area contributed by atoms with Crippen molar-refractivity contribution < 1.29 is 4.79 Å². The zero-order chi connectivity index (χ0) is 22.3. The van der Waals surface area contributed by atoms with Crippen molar-refractivity contribution in [1.29, 1.82) is 0 Å². The van der Waals surface area contributed by atoms with E-state index in [0.717, 1.165) is 29.5 Å². The second kappa shape index (κ2) is 10.3. The van der Waals surface area contributed by atoms with Crippen LogP contribution < -0.4 is 10.9 Å². The molecular formula is C25H26N4O2S. The van der Waals surface area contributed by atoms with Crippen LogP contribution in [0.15, 0.2) is 76.8 Å². The molecule has 2 aromatic heterocycles. The molecule has 164 valence electrons. The van der Waals surface area contributed by atoms with E-state index >= 15 is 0 Å². The maximum absolute atomic E-state index is 13.2. The lowest BCUT2D eigenvalue weighted by molar-refractivity contribution is -0.118. The van der Waals surface area contributed by atoms with Crippen molar-refractivity contribution >= 4 is 28.7 Å². The highest BCUT2D eigenvalue weighted by molar-refractivity contribution is 7.99. The van der Waals surface area contributed by atoms with Crippen LogP contribution in [0.4, 0.5) is 0 Å². The Balaban J connectivity index is 1.59. The fourth-order valence-corrected chi connectivity index (χ4v) is 4.36. The topological polar surface area (TPSA) is 79.8 Å². The third kappa shape index (κ3) is 4.94. The lowest BCUT2D eigenvalue weighted by Gasteiger charge is -2.12. The third-order valence-electron chi connectivity index (χ3n) is 5.24. The van der Waals surface area contributed by atoms with Crippen molar-refractivity contribution in [3.8, 4) is 11.1 Å². The lowest BCUT2D eigenvalue weighted by atomic mass is 10.1. The summed E-state index contributed by atoms with van der Waals surface area (Å²) in [4.78, 5) is 33.6. The van der Waals surface area contributed by atoms with Gasteiger partial charge in [-0.05, 0) is 17.5 Å². The van der Waals surface area contributed by atoms with Gasteiger partial charge in [0.1, 0.15) is 11.0 Å². The molecule has 0 fully saturated rings. The molecule has 6 nitrogen and oxygen atoms in total. The molecule has 0 aliphatic heterocycles. The Morgan fingerprint density at radius 1 is 1.09 bits per heavy atom. The number of carbonyl (C=O) groups is 1. The van der Waals surface area contributed by atoms with Gasteiger partial charge in [0, 0.05) is 24.8 Å². The first-order chi connectivity index (χ1) is 15.7. The molecule has 7 heteroatoms. The van der Waals surface area contributed by atoms with Crippen LogP contribution in [0.1, 0.15) is 25.3 Å². The van der Waals surface area contributed by atoms with E-state index in [1.54, 1.807) is 4.57 Å². The van der Waals surface area contributed by atoms with E-state index in [4.69, 9.17) is 4.98 Å². The van der Waals surface area contributed by atoms with Crippen molar-refractivity contribution in [2.75, 3.05) is 5.75 Å². The number of amides is 1. The first kappa shape index (κ1) is 21.9. The maximum Gasteiger partial charge on any atom is 0.278 e. The number of nitrogens with zero attached hydrogens (tertiary/aromatic N) is 2. The van der Waals surface area contributed by atoms with Gasteiger partial charge in [0.2, 0.25) is 5.91 Å². The molecule has 2 N–H and O–H groups in total. The van der Waals surface area contributed by atoms with E-state index in [1.165, 1.54) is 11.8 Å². The second-order valence-corrected chi connectivity index (χ2v) is 8.49. The average Bonchev–Trinajstić information content (AvgIpc) is 3.26. The van der Waals surface area contributed by atoms with Crippen LogP contribution in [0, 0.1) is 0 Å². The summed E-state index contributed by atoms with van der Waals surface area (Å²) in [5, 5.41) is 3.51. The number of H-pyrrole nitrogens is 1. The molecule has 0 aliphatic rings. The molecule has 4 rings (SSSR count). The average molecular weight is 447 g/mol. The number of aromatic amines is 1. The Morgan fingerprint density at radius 3 is 2.53 bits per heavy atom. The predicted molar refractivity (Wildman–Crippen MR) is 130 cm³/mol. The van der Waals surface area contributed by atoms with Crippen LogP contribution in [-0.2, 0) is 17.9 Å². The molecule has 0 unspecified atom stereocenters. The summed E-state index contributed by atoms with van der Waals surface area (Å²) in [5.41, 5.74) is 3.96. The number of rotatable bonds is 9. The molecule has 0 aliphatic carbocycles. The van der Waals surface area contributed by atoms with Crippen molar-refractivity contribution in [2.45, 2.75) is 38.0 Å². The molecule has 0 radical (unpaired) electrons. The van der Waals surface area contributed by atoms with Crippen molar-refractivity contribution in [1.82, 2.24) is 19.9 Å². The molecule has 32 heavy (non-hydrogen) atoms. The maximum atomic E-state index is 13.2. The number of unbranched alkanes of at least 4 members (excludes halogenated alkanes) is 1. The molecule has 2 heterocycles. The fraction of sp³-hybridized carbons (Fsp3) is 0.240. The normalized spacial score (nSPS) is 11.0. The third-order valence-corrected chi connectivity index (χ3v) is 6.21. The van der Waals surface area contributed by atoms with Gasteiger partial charge in [-0.2, -0.15) is 0 Å². The van der Waals surface area contributed by atoms with Crippen molar-refractivity contribution in [3.05, 3.63) is 82.8 Å². The number of benzene rings is 2. The molecule has 0 spiro atoms. The van der Waals surface area contributed by atoms with Gasteiger partial charge >= 0.3 is 0 Å². The minimum Gasteiger partial charge on any atom is -0.355 e. The van der Waals surface area contributed by atoms with E-state index in [1.807, 2.05) is 66.9 Å². The Bertz CT molecular complexity index is 1250. The van der Waals surface area contributed by atoms with Gasteiger partial charge in [0.25, 0.3) is 5.56 Å². The molecule has 2 aromatic carbocycles. The Hall–Kier alpha value is -3.32. The second-order valence-electron chi connectivity index (χ2n) is 7.55. The van der Waals surface area contributed by atoms with Crippen LogP contribution in [0.3, 0.4) is 0 Å². The number of hydrogen-bond acceptors (Lipinski definition) is 4. The molecular weight excluding hydrogens is 420 g/mol. The van der Waals surface area contributed by atoms with Gasteiger partial charge in [-0.3, -0.25) is 14.2 Å². The van der Waals surface area contributed by atoms with E-state index in [2.05, 4.69) is 17.2 Å². The lowest BCUT2D eigenvalue weighted by Crippen LogP contribution is -2.27. The van der Waals surface area contributed by atoms with E-state index < -0.39 is 0 Å². The first-order valence-electron chi connectivity index (χ1n) is 10.8. The van der Waals surface area contributed by atoms with Crippen LogP contribution in [-0.4, -0.2) is 26.2 Å². The van der Waals surface area contributed by atoms with Crippen LogP contribution >= 0.6 is 11.8 Å². The highest BCUT2D eigenvalue weighted by atomic mass is 32.2. The largest absolute Gasteiger partial charge is 0.355 e. The van der Waals surface area contributed by atoms with E-state index in [9.17, 15) is 9.59 Å². The van der Waals surface area contributed by atoms with E-state index in [-0.39, 0.29) is 17.2 Å². The van der Waals surface area contributed by atoms with Gasteiger partial charge in [0.05, 0.1) is 5.75 Å². The minimum atomic E-state index is -0.0992. The number of thioether (sulfide) groups is 1. The summed E-state index contributed by atoms with van der Waals surface area (Å²) in [7, 11) is 0. The Morgan fingerprint density at radius 2 is 1.81 bits per heavy atom. The van der Waals surface area contributed by atoms with Crippen LogP contribution in [0.5, 0.6) is 0 Å². The summed E-state index contributed by atoms with van der Waals surface area (Å²) >= 11 is 1.30. The Kier molecular flexibility index (Phi) is 7.07. The molecule has 0 atom stereocenters. The number of nitrogens with one attached hydrogen (secondary N) is 2. The molecule has 0 bridgehead atoms. The number of hydrogen-bond donors (Lipinski definition) is 2. The fourth-order valence-electron chi connectivity index (χ4n) is 3.51. The zero-order valence-corrected chi connectivity index (χ0v) is 18.8. The smallest absolute Gasteiger partial charge is 0.278 e. The van der Waals surface area contributed by atoms with Gasteiger partial charge < -0.3 is 10.3 Å². The SMILES string of the molecule is CCCCn1c(SCC(=O)NCc2ccccc2)nc2c(-c3ccccc3)c[nH]c2c1=O. The summed E-state index contributed by atoms with van der Waals surface area (Å²) in [5.74, 6) is 0.106. The highest BCUT2D eigenvalue weighted by Crippen LogP contribution is 2.27. The summed E-state index contributed by atoms with van der Waals surface area (Å²) in [6.45, 7) is 3.14. The standard InChI is InChI=1S/C25H26N4O2S/c1-2-3-14-29-24(31)23-22(20(16-27-23)19-12-8-5-9-13-19)28-25(29)32-17-21(30)26-15-18-10-6-4-7-11-18/h4-13,16,27H,2-3,14-15,17H2,1H3,(H,26,30). The molecule has 4 aromatic rings. The highest BCUT2D eigenvalue weighted by Gasteiger charge is 2.17. The molecule has 1 amide bonds.